The van der Waals surface area contributed by atoms with E-state index < -0.39 is 18.2 Å². The van der Waals surface area contributed by atoms with Crippen molar-refractivity contribution in [3.8, 4) is 0 Å². The largest absolute Gasteiger partial charge is 0.449 e. The van der Waals surface area contributed by atoms with Gasteiger partial charge in [-0.3, -0.25) is 14.4 Å². The molecule has 0 fully saturated rings. The molecule has 1 N–H and O–H groups in total. The Morgan fingerprint density at radius 1 is 1.17 bits per heavy atom. The van der Waals surface area contributed by atoms with Gasteiger partial charge in [0.1, 0.15) is 5.78 Å². The Balaban J connectivity index is 2.24. The van der Waals surface area contributed by atoms with E-state index in [1.54, 1.807) is 6.07 Å². The molecule has 1 aliphatic heterocycles. The number of cyclic esters (lactones) is 1. The summed E-state index contributed by atoms with van der Waals surface area (Å²) in [4.78, 5) is 35.7. The number of rotatable bonds is 5. The molecule has 2 rings (SSSR count). The molecule has 0 bridgehead atoms. The van der Waals surface area contributed by atoms with Gasteiger partial charge >= 0.3 is 5.97 Å². The first-order valence-corrected chi connectivity index (χ1v) is 8.45. The molecule has 24 heavy (non-hydrogen) atoms. The highest BCUT2D eigenvalue weighted by atomic mass is 16.5. The van der Waals surface area contributed by atoms with Crippen LogP contribution in [0, 0.1) is 0 Å². The number of ketones is 2. The van der Waals surface area contributed by atoms with E-state index in [-0.39, 0.29) is 24.4 Å². The summed E-state index contributed by atoms with van der Waals surface area (Å²) in [6.07, 6.45) is 1.44. The number of aliphatic hydroxyl groups is 1. The number of fused-ring (bicyclic) bond motifs is 1. The molecule has 0 aliphatic carbocycles. The van der Waals surface area contributed by atoms with Crippen molar-refractivity contribution in [2.75, 3.05) is 0 Å². The number of ether oxygens (including phenoxy) is 1. The summed E-state index contributed by atoms with van der Waals surface area (Å²) in [7, 11) is 0. The van der Waals surface area contributed by atoms with Crippen LogP contribution in [0.4, 0.5) is 0 Å². The Morgan fingerprint density at radius 2 is 1.88 bits per heavy atom. The van der Waals surface area contributed by atoms with Crippen LogP contribution in [0.1, 0.15) is 62.7 Å². The molecule has 5 heteroatoms. The minimum absolute atomic E-state index is 0.0753. The maximum absolute atomic E-state index is 12.6. The fourth-order valence-electron chi connectivity index (χ4n) is 3.02. The van der Waals surface area contributed by atoms with Crippen LogP contribution in [-0.4, -0.2) is 28.7 Å². The summed E-state index contributed by atoms with van der Waals surface area (Å²) in [5.74, 6) is -0.949. The van der Waals surface area contributed by atoms with Crippen LogP contribution in [-0.2, 0) is 25.5 Å². The molecule has 1 aromatic carbocycles. The van der Waals surface area contributed by atoms with Crippen LogP contribution in [0.2, 0.25) is 0 Å². The summed E-state index contributed by atoms with van der Waals surface area (Å²) >= 11 is 0. The van der Waals surface area contributed by atoms with Crippen LogP contribution in [0.15, 0.2) is 24.3 Å². The van der Waals surface area contributed by atoms with Gasteiger partial charge < -0.3 is 9.84 Å². The molecule has 2 atom stereocenters. The lowest BCUT2D eigenvalue weighted by Gasteiger charge is -2.22. The van der Waals surface area contributed by atoms with E-state index in [0.29, 0.717) is 12.0 Å². The highest BCUT2D eigenvalue weighted by Gasteiger charge is 2.29. The zero-order chi connectivity index (χ0) is 17.5. The number of benzene rings is 1. The quantitative estimate of drug-likeness (QED) is 0.839. The van der Waals surface area contributed by atoms with Crippen molar-refractivity contribution in [3.05, 3.63) is 35.4 Å². The number of esters is 1. The van der Waals surface area contributed by atoms with Crippen molar-refractivity contribution in [2.24, 2.45) is 0 Å². The molecule has 1 aromatic rings. The first kappa shape index (κ1) is 18.3. The lowest BCUT2D eigenvalue weighted by Crippen LogP contribution is -2.26. The molecule has 130 valence electrons. The molecule has 0 saturated heterocycles. The third-order valence-corrected chi connectivity index (χ3v) is 4.17. The van der Waals surface area contributed by atoms with Crippen molar-refractivity contribution >= 4 is 17.5 Å². The second-order valence-electron chi connectivity index (χ2n) is 6.36. The molecular weight excluding hydrogens is 308 g/mol. The van der Waals surface area contributed by atoms with Crippen molar-refractivity contribution in [1.29, 1.82) is 0 Å². The average molecular weight is 332 g/mol. The molecule has 0 saturated carbocycles. The number of aryl methyl sites for hydroxylation is 1. The summed E-state index contributed by atoms with van der Waals surface area (Å²) in [6, 6.07) is 7.45. The number of aliphatic hydroxyl groups excluding tert-OH is 1. The normalized spacial score (nSPS) is 19.8. The molecule has 1 heterocycles. The summed E-state index contributed by atoms with van der Waals surface area (Å²) in [5.41, 5.74) is 1.68. The van der Waals surface area contributed by atoms with Crippen molar-refractivity contribution in [3.63, 3.8) is 0 Å². The first-order chi connectivity index (χ1) is 11.5. The zero-order valence-corrected chi connectivity index (χ0v) is 14.0. The first-order valence-electron chi connectivity index (χ1n) is 8.45. The van der Waals surface area contributed by atoms with Crippen LogP contribution in [0.25, 0.3) is 0 Å². The molecule has 0 radical (unpaired) electrons. The molecule has 0 unspecified atom stereocenters. The highest BCUT2D eigenvalue weighted by Crippen LogP contribution is 2.28. The molecule has 0 aromatic heterocycles. The van der Waals surface area contributed by atoms with Gasteiger partial charge in [0.15, 0.2) is 11.9 Å². The summed E-state index contributed by atoms with van der Waals surface area (Å²) in [5, 5.41) is 9.88. The Morgan fingerprint density at radius 3 is 2.62 bits per heavy atom. The maximum Gasteiger partial charge on any atom is 0.306 e. The Hall–Kier alpha value is -2.01. The van der Waals surface area contributed by atoms with Crippen molar-refractivity contribution in [2.45, 2.75) is 64.1 Å². The molecule has 0 amide bonds. The van der Waals surface area contributed by atoms with E-state index in [0.717, 1.165) is 31.2 Å². The summed E-state index contributed by atoms with van der Waals surface area (Å²) < 4.78 is 5.44. The third-order valence-electron chi connectivity index (χ3n) is 4.17. The Bertz CT molecular complexity index is 608. The van der Waals surface area contributed by atoms with E-state index in [2.05, 4.69) is 0 Å². The van der Waals surface area contributed by atoms with Crippen LogP contribution >= 0.6 is 0 Å². The van der Waals surface area contributed by atoms with E-state index in [9.17, 15) is 19.5 Å². The van der Waals surface area contributed by atoms with Crippen LogP contribution in [0.5, 0.6) is 0 Å². The van der Waals surface area contributed by atoms with Crippen LogP contribution in [0.3, 0.4) is 0 Å². The Labute approximate surface area is 142 Å². The number of hydrogen-bond acceptors (Lipinski definition) is 5. The van der Waals surface area contributed by atoms with E-state index in [4.69, 9.17) is 4.74 Å². The van der Waals surface area contributed by atoms with Gasteiger partial charge in [0.2, 0.25) is 0 Å². The highest BCUT2D eigenvalue weighted by molar-refractivity contribution is 5.88. The third kappa shape index (κ3) is 5.27. The standard InChI is InChI=1S/C19H24O5/c1-13(20)11-15(21)12-17(22)19-16-9-6-5-8-14(16)7-3-2-4-10-18(23)24-19/h5-6,8-9,15,19,21H,2-4,7,10-12H2,1H3/t15-,19+/m0/s1. The minimum atomic E-state index is -1.05. The van der Waals surface area contributed by atoms with Gasteiger partial charge in [0, 0.05) is 24.8 Å². The summed E-state index contributed by atoms with van der Waals surface area (Å²) in [6.45, 7) is 1.37. The SMILES string of the molecule is CC(=O)C[C@H](O)CC(=O)[C@@H]1OC(=O)CCCCCc2ccccc21. The van der Waals surface area contributed by atoms with Crippen molar-refractivity contribution in [1.82, 2.24) is 0 Å². The molecular formula is C19H24O5. The zero-order valence-electron chi connectivity index (χ0n) is 14.0. The number of carbonyl (C=O) groups excluding carboxylic acids is 3. The molecule has 1 aliphatic rings. The van der Waals surface area contributed by atoms with Gasteiger partial charge in [-0.2, -0.15) is 0 Å². The van der Waals surface area contributed by atoms with Gasteiger partial charge in [0.25, 0.3) is 0 Å². The number of carbonyl (C=O) groups is 3. The lowest BCUT2D eigenvalue weighted by molar-refractivity contribution is -0.156. The maximum atomic E-state index is 12.6. The van der Waals surface area contributed by atoms with Gasteiger partial charge in [0.05, 0.1) is 6.10 Å². The van der Waals surface area contributed by atoms with E-state index in [1.807, 2.05) is 18.2 Å². The second kappa shape index (κ2) is 8.73. The molecule has 0 spiro atoms. The smallest absolute Gasteiger partial charge is 0.306 e. The van der Waals surface area contributed by atoms with Crippen molar-refractivity contribution < 1.29 is 24.2 Å². The fourth-order valence-corrected chi connectivity index (χ4v) is 3.02. The fraction of sp³-hybridized carbons (Fsp3) is 0.526. The van der Waals surface area contributed by atoms with Crippen LogP contribution < -0.4 is 0 Å². The Kier molecular flexibility index (Phi) is 6.67. The minimum Gasteiger partial charge on any atom is -0.449 e. The van der Waals surface area contributed by atoms with Gasteiger partial charge in [-0.25, -0.2) is 0 Å². The number of hydrogen-bond donors (Lipinski definition) is 1. The van der Waals surface area contributed by atoms with Gasteiger partial charge in [-0.15, -0.1) is 0 Å². The average Bonchev–Trinajstić information content (AvgIpc) is 2.52. The molecule has 5 nitrogen and oxygen atoms in total. The predicted molar refractivity (Wildman–Crippen MR) is 88.4 cm³/mol. The topological polar surface area (TPSA) is 80.7 Å². The predicted octanol–water partition coefficient (Wildman–Crippen LogP) is 2.69. The lowest BCUT2D eigenvalue weighted by atomic mass is 9.92. The monoisotopic (exact) mass is 332 g/mol. The van der Waals surface area contributed by atoms with Gasteiger partial charge in [-0.05, 0) is 31.7 Å². The number of Topliss-reactive ketones (excluding diaryl/α,β-unsaturated/α-hetero) is 2. The van der Waals surface area contributed by atoms with E-state index >= 15 is 0 Å². The van der Waals surface area contributed by atoms with E-state index in [1.165, 1.54) is 6.92 Å². The second-order valence-corrected chi connectivity index (χ2v) is 6.36. The van der Waals surface area contributed by atoms with Gasteiger partial charge in [-0.1, -0.05) is 30.7 Å².